The summed E-state index contributed by atoms with van der Waals surface area (Å²) in [6, 6.07) is 0. The maximum Gasteiger partial charge on any atom is 0.181 e. The summed E-state index contributed by atoms with van der Waals surface area (Å²) >= 11 is 0. The highest BCUT2D eigenvalue weighted by molar-refractivity contribution is 5.23. The molecule has 0 bridgehead atoms. The molecule has 0 heterocycles. The van der Waals surface area contributed by atoms with Crippen LogP contribution >= 0.6 is 0 Å². The van der Waals surface area contributed by atoms with Gasteiger partial charge < -0.3 is 16.6 Å². The van der Waals surface area contributed by atoms with E-state index < -0.39 is 0 Å². The Morgan fingerprint density at radius 3 is 2.55 bits per heavy atom. The molecular formula is C8H14N2O. The average Bonchev–Trinajstić information content (AvgIpc) is 1.87. The lowest BCUT2D eigenvalue weighted by Gasteiger charge is -1.97. The molecule has 0 fully saturated rings. The highest BCUT2D eigenvalue weighted by atomic mass is 16.3. The molecule has 5 N–H and O–H groups in total. The zero-order valence-corrected chi connectivity index (χ0v) is 6.46. The number of aliphatic hydroxyl groups excluding tert-OH is 1. The summed E-state index contributed by atoms with van der Waals surface area (Å²) in [6.45, 7) is 4.05. The zero-order chi connectivity index (χ0) is 8.69. The molecule has 0 aliphatic rings. The standard InChI is InChI=1S/C8H14N2O/c1-2-3-7(4-5-9)6-8(10)11/h2-3,6,11H,1,4-5,9-10H2/b7-3-,8-6+. The molecule has 0 spiro atoms. The van der Waals surface area contributed by atoms with Gasteiger partial charge in [0.1, 0.15) is 0 Å². The Balaban J connectivity index is 4.22. The van der Waals surface area contributed by atoms with Gasteiger partial charge in [0.2, 0.25) is 0 Å². The van der Waals surface area contributed by atoms with Crippen LogP contribution in [0.2, 0.25) is 0 Å². The van der Waals surface area contributed by atoms with Gasteiger partial charge >= 0.3 is 0 Å². The lowest BCUT2D eigenvalue weighted by Crippen LogP contribution is -2.01. The third-order valence-corrected chi connectivity index (χ3v) is 1.10. The second-order valence-electron chi connectivity index (χ2n) is 2.09. The molecule has 0 aromatic carbocycles. The fourth-order valence-corrected chi connectivity index (χ4v) is 0.712. The van der Waals surface area contributed by atoms with Crippen LogP contribution in [-0.2, 0) is 0 Å². The first-order valence-electron chi connectivity index (χ1n) is 3.38. The van der Waals surface area contributed by atoms with Crippen LogP contribution in [-0.4, -0.2) is 11.7 Å². The van der Waals surface area contributed by atoms with Crippen LogP contribution in [0.3, 0.4) is 0 Å². The van der Waals surface area contributed by atoms with Crippen LogP contribution in [0, 0.1) is 0 Å². The van der Waals surface area contributed by atoms with Crippen molar-refractivity contribution < 1.29 is 5.11 Å². The topological polar surface area (TPSA) is 72.3 Å². The van der Waals surface area contributed by atoms with Gasteiger partial charge in [0.05, 0.1) is 0 Å². The van der Waals surface area contributed by atoms with Crippen molar-refractivity contribution in [2.24, 2.45) is 11.5 Å². The van der Waals surface area contributed by atoms with Gasteiger partial charge in [0, 0.05) is 6.08 Å². The molecule has 0 aromatic rings. The number of hydrogen-bond donors (Lipinski definition) is 3. The van der Waals surface area contributed by atoms with Crippen LogP contribution in [0.15, 0.2) is 36.3 Å². The van der Waals surface area contributed by atoms with Gasteiger partial charge in [-0.15, -0.1) is 0 Å². The third-order valence-electron chi connectivity index (χ3n) is 1.10. The highest BCUT2D eigenvalue weighted by Crippen LogP contribution is 2.02. The van der Waals surface area contributed by atoms with Gasteiger partial charge in [0.25, 0.3) is 0 Å². The Morgan fingerprint density at radius 1 is 1.55 bits per heavy atom. The quantitative estimate of drug-likeness (QED) is 0.414. The summed E-state index contributed by atoms with van der Waals surface area (Å²) in [5.41, 5.74) is 11.2. The Hall–Kier alpha value is -1.22. The molecule has 0 aromatic heterocycles. The van der Waals surface area contributed by atoms with E-state index in [-0.39, 0.29) is 5.88 Å². The van der Waals surface area contributed by atoms with Crippen molar-refractivity contribution in [1.29, 1.82) is 0 Å². The smallest absolute Gasteiger partial charge is 0.181 e. The Labute approximate surface area is 66.7 Å². The molecule has 0 rings (SSSR count). The van der Waals surface area contributed by atoms with E-state index >= 15 is 0 Å². The molecule has 3 heteroatoms. The molecule has 0 unspecified atom stereocenters. The number of aliphatic hydroxyl groups is 1. The van der Waals surface area contributed by atoms with Crippen molar-refractivity contribution >= 4 is 0 Å². The molecule has 0 atom stereocenters. The van der Waals surface area contributed by atoms with E-state index in [1.165, 1.54) is 6.08 Å². The van der Waals surface area contributed by atoms with Crippen molar-refractivity contribution in [1.82, 2.24) is 0 Å². The summed E-state index contributed by atoms with van der Waals surface area (Å²) in [5, 5.41) is 8.70. The first-order chi connectivity index (χ1) is 5.20. The van der Waals surface area contributed by atoms with Crippen LogP contribution in [0.5, 0.6) is 0 Å². The van der Waals surface area contributed by atoms with Crippen molar-refractivity contribution in [2.75, 3.05) is 6.54 Å². The summed E-state index contributed by atoms with van der Waals surface area (Å²) in [6.07, 6.45) is 5.54. The predicted octanol–water partition coefficient (Wildman–Crippen LogP) is 0.806. The van der Waals surface area contributed by atoms with Crippen molar-refractivity contribution in [3.63, 3.8) is 0 Å². The summed E-state index contributed by atoms with van der Waals surface area (Å²) in [5.74, 6) is -0.202. The lowest BCUT2D eigenvalue weighted by atomic mass is 10.1. The molecular weight excluding hydrogens is 140 g/mol. The van der Waals surface area contributed by atoms with Crippen molar-refractivity contribution in [3.05, 3.63) is 36.3 Å². The van der Waals surface area contributed by atoms with Gasteiger partial charge in [0.15, 0.2) is 5.88 Å². The molecule has 0 amide bonds. The third kappa shape index (κ3) is 5.24. The fraction of sp³-hybridized carbons (Fsp3) is 0.250. The maximum absolute atomic E-state index is 8.70. The molecule has 0 saturated carbocycles. The van der Waals surface area contributed by atoms with Crippen LogP contribution < -0.4 is 11.5 Å². The van der Waals surface area contributed by atoms with E-state index in [0.29, 0.717) is 13.0 Å². The first-order valence-corrected chi connectivity index (χ1v) is 3.38. The zero-order valence-electron chi connectivity index (χ0n) is 6.46. The Morgan fingerprint density at radius 2 is 2.18 bits per heavy atom. The summed E-state index contributed by atoms with van der Waals surface area (Å²) in [4.78, 5) is 0. The SMILES string of the molecule is C=C/C=C(\C=C(/N)O)CCN. The fourth-order valence-electron chi connectivity index (χ4n) is 0.712. The van der Waals surface area contributed by atoms with Gasteiger partial charge in [-0.3, -0.25) is 0 Å². The van der Waals surface area contributed by atoms with Crippen molar-refractivity contribution in [2.45, 2.75) is 6.42 Å². The Kier molecular flexibility index (Phi) is 4.94. The van der Waals surface area contributed by atoms with Crippen LogP contribution in [0.1, 0.15) is 6.42 Å². The number of nitrogens with two attached hydrogens (primary N) is 2. The minimum Gasteiger partial charge on any atom is -0.495 e. The van der Waals surface area contributed by atoms with Gasteiger partial charge in [-0.2, -0.15) is 0 Å². The molecule has 0 saturated heterocycles. The highest BCUT2D eigenvalue weighted by Gasteiger charge is 1.90. The van der Waals surface area contributed by atoms with E-state index in [9.17, 15) is 0 Å². The first kappa shape index (κ1) is 9.78. The number of allylic oxidation sites excluding steroid dienone is 3. The van der Waals surface area contributed by atoms with Gasteiger partial charge in [-0.05, 0) is 18.5 Å². The molecule has 0 aliphatic heterocycles. The molecule has 0 aliphatic carbocycles. The number of hydrogen-bond acceptors (Lipinski definition) is 3. The largest absolute Gasteiger partial charge is 0.495 e. The van der Waals surface area contributed by atoms with E-state index in [4.69, 9.17) is 16.6 Å². The van der Waals surface area contributed by atoms with Crippen molar-refractivity contribution in [3.8, 4) is 0 Å². The maximum atomic E-state index is 8.70. The average molecular weight is 154 g/mol. The van der Waals surface area contributed by atoms with E-state index in [2.05, 4.69) is 6.58 Å². The molecule has 11 heavy (non-hydrogen) atoms. The lowest BCUT2D eigenvalue weighted by molar-refractivity contribution is 0.405. The molecule has 62 valence electrons. The van der Waals surface area contributed by atoms with E-state index in [1.807, 2.05) is 0 Å². The second kappa shape index (κ2) is 5.56. The molecule has 0 radical (unpaired) electrons. The molecule has 3 nitrogen and oxygen atoms in total. The predicted molar refractivity (Wildman–Crippen MR) is 46.9 cm³/mol. The summed E-state index contributed by atoms with van der Waals surface area (Å²) < 4.78 is 0. The summed E-state index contributed by atoms with van der Waals surface area (Å²) in [7, 11) is 0. The van der Waals surface area contributed by atoms with Crippen LogP contribution in [0.25, 0.3) is 0 Å². The normalized spacial score (nSPS) is 13.2. The van der Waals surface area contributed by atoms with Gasteiger partial charge in [-0.25, -0.2) is 0 Å². The number of rotatable bonds is 4. The minimum absolute atomic E-state index is 0.202. The minimum atomic E-state index is -0.202. The monoisotopic (exact) mass is 154 g/mol. The second-order valence-corrected chi connectivity index (χ2v) is 2.09. The van der Waals surface area contributed by atoms with E-state index in [1.54, 1.807) is 12.2 Å². The Bertz CT molecular complexity index is 179. The van der Waals surface area contributed by atoms with Crippen LogP contribution in [0.4, 0.5) is 0 Å². The van der Waals surface area contributed by atoms with E-state index in [0.717, 1.165) is 5.57 Å². The van der Waals surface area contributed by atoms with Gasteiger partial charge in [-0.1, -0.05) is 18.7 Å².